The van der Waals surface area contributed by atoms with Crippen molar-refractivity contribution in [2.24, 2.45) is 7.05 Å². The number of nitrogens with one attached hydrogen (secondary N) is 2. The summed E-state index contributed by atoms with van der Waals surface area (Å²) in [6.07, 6.45) is 2.84. The Kier molecular flexibility index (Phi) is 6.95. The van der Waals surface area contributed by atoms with E-state index in [0.717, 1.165) is 35.9 Å². The lowest BCUT2D eigenvalue weighted by molar-refractivity contribution is -0.116. The van der Waals surface area contributed by atoms with Crippen molar-refractivity contribution < 1.29 is 14.3 Å². The average molecular weight is 409 g/mol. The van der Waals surface area contributed by atoms with Crippen LogP contribution in [0.15, 0.2) is 48.5 Å². The predicted molar refractivity (Wildman–Crippen MR) is 120 cm³/mol. The van der Waals surface area contributed by atoms with Gasteiger partial charge >= 0.3 is 0 Å². The number of para-hydroxylation sites is 2. The number of rotatable bonds is 9. The molecule has 0 fully saturated rings. The van der Waals surface area contributed by atoms with E-state index in [1.807, 2.05) is 48.0 Å². The molecule has 1 aromatic heterocycles. The molecule has 4 N–H and O–H groups in total. The lowest BCUT2D eigenvalue weighted by atomic mass is 10.1. The van der Waals surface area contributed by atoms with Crippen LogP contribution in [0.5, 0.6) is 5.75 Å². The molecule has 7 nitrogen and oxygen atoms in total. The van der Waals surface area contributed by atoms with E-state index >= 15 is 0 Å². The van der Waals surface area contributed by atoms with E-state index in [-0.39, 0.29) is 11.8 Å². The molecular weight excluding hydrogens is 380 g/mol. The minimum atomic E-state index is -0.107. The molecule has 3 aromatic rings. The van der Waals surface area contributed by atoms with E-state index in [2.05, 4.69) is 10.6 Å². The number of unbranched alkanes of at least 4 members (excludes halogenated alkanes) is 2. The molecule has 0 aliphatic heterocycles. The van der Waals surface area contributed by atoms with Gasteiger partial charge in [-0.15, -0.1) is 0 Å². The van der Waals surface area contributed by atoms with Gasteiger partial charge in [0.25, 0.3) is 5.91 Å². The number of nitrogens with two attached hydrogens (primary N) is 1. The molecule has 0 bridgehead atoms. The van der Waals surface area contributed by atoms with Crippen molar-refractivity contribution in [2.45, 2.75) is 25.7 Å². The van der Waals surface area contributed by atoms with Crippen molar-refractivity contribution in [3.05, 3.63) is 54.2 Å². The van der Waals surface area contributed by atoms with Gasteiger partial charge in [-0.1, -0.05) is 18.6 Å². The van der Waals surface area contributed by atoms with Crippen LogP contribution in [0.1, 0.15) is 36.2 Å². The highest BCUT2D eigenvalue weighted by Gasteiger charge is 2.13. The summed E-state index contributed by atoms with van der Waals surface area (Å²) in [4.78, 5) is 24.5. The standard InChI is InChI=1S/C23H28N4O3/c1-27-20-12-11-17(30-2)14-16(20)15-21(27)23(29)25-13-7-3-4-10-22(28)26-19-9-6-5-8-18(19)24/h5-6,8-9,11-12,14-15H,3-4,7,10,13,24H2,1-2H3,(H,25,29)(H,26,28). The Hall–Kier alpha value is -3.48. The van der Waals surface area contributed by atoms with E-state index in [9.17, 15) is 9.59 Å². The first-order chi connectivity index (χ1) is 14.5. The average Bonchev–Trinajstić information content (AvgIpc) is 3.08. The zero-order valence-electron chi connectivity index (χ0n) is 17.4. The van der Waals surface area contributed by atoms with Crippen molar-refractivity contribution in [1.82, 2.24) is 9.88 Å². The Morgan fingerprint density at radius 1 is 1.07 bits per heavy atom. The number of methoxy groups -OCH3 is 1. The summed E-state index contributed by atoms with van der Waals surface area (Å²) in [6.45, 7) is 0.566. The predicted octanol–water partition coefficient (Wildman–Crippen LogP) is 3.70. The SMILES string of the molecule is COc1ccc2c(c1)cc(C(=O)NCCCCCC(=O)Nc1ccccc1N)n2C. The summed E-state index contributed by atoms with van der Waals surface area (Å²) in [5.41, 5.74) is 8.61. The minimum Gasteiger partial charge on any atom is -0.497 e. The number of carbonyl (C=O) groups is 2. The van der Waals surface area contributed by atoms with Crippen molar-refractivity contribution in [3.63, 3.8) is 0 Å². The highest BCUT2D eigenvalue weighted by atomic mass is 16.5. The summed E-state index contributed by atoms with van der Waals surface area (Å²) in [5, 5.41) is 6.74. The third kappa shape index (κ3) is 5.11. The monoisotopic (exact) mass is 408 g/mol. The molecular formula is C23H28N4O3. The van der Waals surface area contributed by atoms with Gasteiger partial charge in [-0.3, -0.25) is 9.59 Å². The molecule has 0 unspecified atom stereocenters. The largest absolute Gasteiger partial charge is 0.497 e. The number of benzene rings is 2. The van der Waals surface area contributed by atoms with Crippen molar-refractivity contribution in [1.29, 1.82) is 0 Å². The van der Waals surface area contributed by atoms with Crippen LogP contribution in [-0.4, -0.2) is 30.0 Å². The normalized spacial score (nSPS) is 10.7. The number of carbonyl (C=O) groups excluding carboxylic acids is 2. The number of aromatic nitrogens is 1. The zero-order valence-corrected chi connectivity index (χ0v) is 17.4. The second-order valence-corrected chi connectivity index (χ2v) is 7.22. The van der Waals surface area contributed by atoms with Crippen molar-refractivity contribution >= 4 is 34.1 Å². The Morgan fingerprint density at radius 2 is 1.87 bits per heavy atom. The fraction of sp³-hybridized carbons (Fsp3) is 0.304. The molecule has 0 saturated carbocycles. The molecule has 0 radical (unpaired) electrons. The summed E-state index contributed by atoms with van der Waals surface area (Å²) in [5.74, 6) is 0.604. The summed E-state index contributed by atoms with van der Waals surface area (Å²) in [6, 6.07) is 14.8. The number of fused-ring (bicyclic) bond motifs is 1. The molecule has 1 heterocycles. The first kappa shape index (κ1) is 21.2. The van der Waals surface area contributed by atoms with Crippen LogP contribution in [0.2, 0.25) is 0 Å². The first-order valence-corrected chi connectivity index (χ1v) is 10.1. The quantitative estimate of drug-likeness (QED) is 0.371. The van der Waals surface area contributed by atoms with Crippen LogP contribution in [0, 0.1) is 0 Å². The van der Waals surface area contributed by atoms with Gasteiger partial charge < -0.3 is 25.7 Å². The van der Waals surface area contributed by atoms with Crippen LogP contribution >= 0.6 is 0 Å². The molecule has 30 heavy (non-hydrogen) atoms. The van der Waals surface area contributed by atoms with Gasteiger partial charge in [0, 0.05) is 30.9 Å². The van der Waals surface area contributed by atoms with E-state index < -0.39 is 0 Å². The number of hydrogen-bond acceptors (Lipinski definition) is 4. The smallest absolute Gasteiger partial charge is 0.267 e. The maximum Gasteiger partial charge on any atom is 0.267 e. The van der Waals surface area contributed by atoms with Crippen LogP contribution in [-0.2, 0) is 11.8 Å². The van der Waals surface area contributed by atoms with E-state index in [1.165, 1.54) is 0 Å². The molecule has 0 atom stereocenters. The van der Waals surface area contributed by atoms with Crippen molar-refractivity contribution in [3.8, 4) is 5.75 Å². The van der Waals surface area contributed by atoms with E-state index in [1.54, 1.807) is 19.2 Å². The molecule has 7 heteroatoms. The third-order valence-corrected chi connectivity index (χ3v) is 5.08. The Morgan fingerprint density at radius 3 is 2.63 bits per heavy atom. The Balaban J connectivity index is 1.40. The van der Waals surface area contributed by atoms with Crippen LogP contribution in [0.4, 0.5) is 11.4 Å². The number of amides is 2. The number of nitrogens with zero attached hydrogens (tertiary/aromatic N) is 1. The molecule has 0 saturated heterocycles. The highest BCUT2D eigenvalue weighted by molar-refractivity contribution is 5.99. The lowest BCUT2D eigenvalue weighted by Gasteiger charge is -2.08. The second-order valence-electron chi connectivity index (χ2n) is 7.22. The van der Waals surface area contributed by atoms with Gasteiger partial charge in [0.15, 0.2) is 0 Å². The summed E-state index contributed by atoms with van der Waals surface area (Å²) in [7, 11) is 3.50. The van der Waals surface area contributed by atoms with Crippen LogP contribution in [0.25, 0.3) is 10.9 Å². The van der Waals surface area contributed by atoms with E-state index in [4.69, 9.17) is 10.5 Å². The molecule has 158 valence electrons. The topological polar surface area (TPSA) is 98.4 Å². The summed E-state index contributed by atoms with van der Waals surface area (Å²) < 4.78 is 7.12. The molecule has 0 spiro atoms. The van der Waals surface area contributed by atoms with Gasteiger partial charge in [0.1, 0.15) is 11.4 Å². The number of hydrogen-bond donors (Lipinski definition) is 3. The lowest BCUT2D eigenvalue weighted by Crippen LogP contribution is -2.26. The minimum absolute atomic E-state index is 0.0529. The number of anilines is 2. The molecule has 2 aromatic carbocycles. The number of aryl methyl sites for hydroxylation is 1. The maximum absolute atomic E-state index is 12.5. The van der Waals surface area contributed by atoms with Crippen LogP contribution in [0.3, 0.4) is 0 Å². The third-order valence-electron chi connectivity index (χ3n) is 5.08. The maximum atomic E-state index is 12.5. The summed E-state index contributed by atoms with van der Waals surface area (Å²) >= 11 is 0. The van der Waals surface area contributed by atoms with Gasteiger partial charge in [0.05, 0.1) is 18.5 Å². The fourth-order valence-corrected chi connectivity index (χ4v) is 3.38. The molecule has 3 rings (SSSR count). The van der Waals surface area contributed by atoms with Gasteiger partial charge in [-0.2, -0.15) is 0 Å². The first-order valence-electron chi connectivity index (χ1n) is 10.1. The Bertz CT molecular complexity index is 1040. The molecule has 0 aliphatic rings. The number of nitrogen functional groups attached to an aromatic ring is 1. The fourth-order valence-electron chi connectivity index (χ4n) is 3.38. The number of ether oxygens (including phenoxy) is 1. The van der Waals surface area contributed by atoms with Crippen molar-refractivity contribution in [2.75, 3.05) is 24.7 Å². The Labute approximate surface area is 176 Å². The highest BCUT2D eigenvalue weighted by Crippen LogP contribution is 2.23. The van der Waals surface area contributed by atoms with E-state index in [0.29, 0.717) is 30.0 Å². The zero-order chi connectivity index (χ0) is 21.5. The van der Waals surface area contributed by atoms with Gasteiger partial charge in [0.2, 0.25) is 5.91 Å². The van der Waals surface area contributed by atoms with Gasteiger partial charge in [-0.05, 0) is 49.2 Å². The van der Waals surface area contributed by atoms with Crippen LogP contribution < -0.4 is 21.1 Å². The molecule has 2 amide bonds. The second kappa shape index (κ2) is 9.82. The van der Waals surface area contributed by atoms with Gasteiger partial charge in [-0.25, -0.2) is 0 Å². The molecule has 0 aliphatic carbocycles.